The summed E-state index contributed by atoms with van der Waals surface area (Å²) < 4.78 is 13.9. The molecule has 0 bridgehead atoms. The van der Waals surface area contributed by atoms with Gasteiger partial charge in [0, 0.05) is 51.6 Å². The number of halogens is 1. The fourth-order valence-corrected chi connectivity index (χ4v) is 4.44. The van der Waals surface area contributed by atoms with Crippen LogP contribution in [0.1, 0.15) is 11.6 Å². The summed E-state index contributed by atoms with van der Waals surface area (Å²) in [5.74, 6) is 1.24. The molecule has 0 spiro atoms. The van der Waals surface area contributed by atoms with Gasteiger partial charge >= 0.3 is 6.03 Å². The highest BCUT2D eigenvalue weighted by Crippen LogP contribution is 2.46. The molecule has 0 unspecified atom stereocenters. The van der Waals surface area contributed by atoms with Gasteiger partial charge in [0.25, 0.3) is 0 Å². The van der Waals surface area contributed by atoms with Crippen LogP contribution in [0.25, 0.3) is 0 Å². The lowest BCUT2D eigenvalue weighted by Gasteiger charge is -2.32. The summed E-state index contributed by atoms with van der Waals surface area (Å²) in [7, 11) is 3.47. The van der Waals surface area contributed by atoms with E-state index in [1.165, 1.54) is 12.1 Å². The molecule has 8 nitrogen and oxygen atoms in total. The number of rotatable bonds is 2. The van der Waals surface area contributed by atoms with Gasteiger partial charge in [0.05, 0.1) is 6.04 Å². The van der Waals surface area contributed by atoms with E-state index in [2.05, 4.69) is 14.9 Å². The van der Waals surface area contributed by atoms with Crippen LogP contribution in [-0.2, 0) is 0 Å². The Kier molecular flexibility index (Phi) is 4.44. The minimum Gasteiger partial charge on any atom is -0.383 e. The van der Waals surface area contributed by atoms with Crippen LogP contribution in [0, 0.1) is 17.7 Å². The fraction of sp³-hybridized carbons (Fsp3) is 0.421. The van der Waals surface area contributed by atoms with Gasteiger partial charge in [-0.25, -0.2) is 9.18 Å². The number of benzene rings is 1. The molecule has 28 heavy (non-hydrogen) atoms. The molecule has 2 fully saturated rings. The molecule has 0 radical (unpaired) electrons. The van der Waals surface area contributed by atoms with Gasteiger partial charge in [-0.15, -0.1) is 0 Å². The second-order valence-corrected chi connectivity index (χ2v) is 7.67. The Bertz CT molecular complexity index is 885. The molecule has 3 heterocycles. The van der Waals surface area contributed by atoms with Gasteiger partial charge in [-0.3, -0.25) is 0 Å². The average Bonchev–Trinajstić information content (AvgIpc) is 3.17. The molecule has 0 aliphatic carbocycles. The summed E-state index contributed by atoms with van der Waals surface area (Å²) in [4.78, 5) is 26.5. The Labute approximate surface area is 162 Å². The molecule has 4 rings (SSSR count). The summed E-state index contributed by atoms with van der Waals surface area (Å²) >= 11 is 0. The van der Waals surface area contributed by atoms with Crippen LogP contribution in [0.5, 0.6) is 0 Å². The van der Waals surface area contributed by atoms with Gasteiger partial charge in [-0.1, -0.05) is 12.1 Å². The first kappa shape index (κ1) is 18.3. The Morgan fingerprint density at radius 1 is 1.18 bits per heavy atom. The summed E-state index contributed by atoms with van der Waals surface area (Å²) in [6, 6.07) is 7.96. The second kappa shape index (κ2) is 6.81. The number of aromatic nitrogens is 2. The molecule has 2 aliphatic rings. The number of carbonyl (C=O) groups is 1. The Hall–Kier alpha value is -3.10. The van der Waals surface area contributed by atoms with E-state index in [1.807, 2.05) is 11.0 Å². The third-order valence-electron chi connectivity index (χ3n) is 5.56. The normalized spacial score (nSPS) is 23.8. The molecular weight excluding hydrogens is 361 g/mol. The van der Waals surface area contributed by atoms with Crippen LogP contribution in [0.4, 0.5) is 26.8 Å². The zero-order chi connectivity index (χ0) is 20.0. The minimum atomic E-state index is -0.301. The van der Waals surface area contributed by atoms with Gasteiger partial charge in [-0.2, -0.15) is 9.97 Å². The molecule has 4 N–H and O–H groups in total. The summed E-state index contributed by atoms with van der Waals surface area (Å²) in [5, 5.41) is 0. The molecule has 2 aliphatic heterocycles. The topological polar surface area (TPSA) is 105 Å². The highest BCUT2D eigenvalue weighted by Gasteiger charge is 2.49. The monoisotopic (exact) mass is 385 g/mol. The van der Waals surface area contributed by atoms with Crippen molar-refractivity contribution < 1.29 is 9.18 Å². The van der Waals surface area contributed by atoms with Crippen LogP contribution < -0.4 is 16.4 Å². The standard InChI is InChI=1S/C19H24FN7O/c1-25(2)19(28)27-9-12-8-26(16-7-15(21)23-18(22)24-16)10-14(12)17(27)11-4-3-5-13(20)6-11/h3-7,12,14,17H,8-10H2,1-2H3,(H4,21,22,23,24)/t12-,14-,17+/m1/s1. The van der Waals surface area contributed by atoms with E-state index in [1.54, 1.807) is 31.1 Å². The first-order chi connectivity index (χ1) is 13.3. The quantitative estimate of drug-likeness (QED) is 0.813. The maximum absolute atomic E-state index is 13.9. The van der Waals surface area contributed by atoms with Crippen molar-refractivity contribution in [2.75, 3.05) is 50.1 Å². The molecule has 9 heteroatoms. The predicted octanol–water partition coefficient (Wildman–Crippen LogP) is 1.57. The second-order valence-electron chi connectivity index (χ2n) is 7.67. The van der Waals surface area contributed by atoms with E-state index >= 15 is 0 Å². The molecule has 3 atom stereocenters. The Morgan fingerprint density at radius 2 is 1.96 bits per heavy atom. The van der Waals surface area contributed by atoms with Gasteiger partial charge in [0.1, 0.15) is 17.5 Å². The Balaban J connectivity index is 1.66. The molecule has 2 saturated heterocycles. The minimum absolute atomic E-state index is 0.0641. The van der Waals surface area contributed by atoms with Gasteiger partial charge < -0.3 is 26.2 Å². The highest BCUT2D eigenvalue weighted by molar-refractivity contribution is 5.75. The molecule has 148 valence electrons. The molecule has 0 saturated carbocycles. The van der Waals surface area contributed by atoms with E-state index in [0.29, 0.717) is 24.7 Å². The number of urea groups is 1. The highest BCUT2D eigenvalue weighted by atomic mass is 19.1. The number of nitrogen functional groups attached to an aromatic ring is 2. The van der Waals surface area contributed by atoms with Crippen molar-refractivity contribution in [1.29, 1.82) is 0 Å². The van der Waals surface area contributed by atoms with E-state index < -0.39 is 0 Å². The predicted molar refractivity (Wildman–Crippen MR) is 105 cm³/mol. The van der Waals surface area contributed by atoms with Crippen molar-refractivity contribution in [3.63, 3.8) is 0 Å². The molecule has 2 aromatic rings. The number of carbonyl (C=O) groups excluding carboxylic acids is 1. The lowest BCUT2D eigenvalue weighted by Crippen LogP contribution is -2.41. The fourth-order valence-electron chi connectivity index (χ4n) is 4.44. The average molecular weight is 385 g/mol. The van der Waals surface area contributed by atoms with Gasteiger partial charge in [0.15, 0.2) is 0 Å². The summed E-state index contributed by atoms with van der Waals surface area (Å²) in [6.07, 6.45) is 0. The van der Waals surface area contributed by atoms with Crippen molar-refractivity contribution in [3.8, 4) is 0 Å². The maximum atomic E-state index is 13.9. The number of hydrogen-bond acceptors (Lipinski definition) is 6. The van der Waals surface area contributed by atoms with Crippen molar-refractivity contribution in [2.24, 2.45) is 11.8 Å². The lowest BCUT2D eigenvalue weighted by molar-refractivity contribution is 0.159. The summed E-state index contributed by atoms with van der Waals surface area (Å²) in [5.41, 5.74) is 12.4. The van der Waals surface area contributed by atoms with Crippen LogP contribution in [-0.4, -0.2) is 59.5 Å². The van der Waals surface area contributed by atoms with Crippen LogP contribution in [0.15, 0.2) is 30.3 Å². The van der Waals surface area contributed by atoms with Crippen molar-refractivity contribution in [2.45, 2.75) is 6.04 Å². The van der Waals surface area contributed by atoms with E-state index in [9.17, 15) is 9.18 Å². The number of anilines is 3. The number of nitrogens with two attached hydrogens (primary N) is 2. The van der Waals surface area contributed by atoms with Crippen molar-refractivity contribution >= 4 is 23.6 Å². The first-order valence-corrected chi connectivity index (χ1v) is 9.22. The zero-order valence-electron chi connectivity index (χ0n) is 15.9. The molecule has 1 aromatic carbocycles. The number of amides is 2. The molecule has 2 amide bonds. The molecule has 1 aromatic heterocycles. The smallest absolute Gasteiger partial charge is 0.320 e. The van der Waals surface area contributed by atoms with Crippen LogP contribution in [0.2, 0.25) is 0 Å². The van der Waals surface area contributed by atoms with E-state index in [0.717, 1.165) is 12.1 Å². The van der Waals surface area contributed by atoms with Gasteiger partial charge in [0.2, 0.25) is 5.95 Å². The zero-order valence-corrected chi connectivity index (χ0v) is 15.9. The third kappa shape index (κ3) is 3.17. The van der Waals surface area contributed by atoms with E-state index in [4.69, 9.17) is 11.5 Å². The number of nitrogens with zero attached hydrogens (tertiary/aromatic N) is 5. The number of likely N-dealkylation sites (tertiary alicyclic amines) is 1. The van der Waals surface area contributed by atoms with E-state index in [-0.39, 0.29) is 35.7 Å². The number of fused-ring (bicyclic) bond motifs is 1. The largest absolute Gasteiger partial charge is 0.383 e. The van der Waals surface area contributed by atoms with Gasteiger partial charge in [-0.05, 0) is 17.7 Å². The maximum Gasteiger partial charge on any atom is 0.320 e. The van der Waals surface area contributed by atoms with Crippen LogP contribution in [0.3, 0.4) is 0 Å². The van der Waals surface area contributed by atoms with Crippen molar-refractivity contribution in [1.82, 2.24) is 19.8 Å². The third-order valence-corrected chi connectivity index (χ3v) is 5.56. The van der Waals surface area contributed by atoms with Crippen molar-refractivity contribution in [3.05, 3.63) is 41.7 Å². The molecular formula is C19H24FN7O. The van der Waals surface area contributed by atoms with Crippen LogP contribution >= 0.6 is 0 Å². The number of hydrogen-bond donors (Lipinski definition) is 2. The summed E-state index contributed by atoms with van der Waals surface area (Å²) in [6.45, 7) is 2.01. The first-order valence-electron chi connectivity index (χ1n) is 9.22. The lowest BCUT2D eigenvalue weighted by atomic mass is 9.89. The SMILES string of the molecule is CN(C)C(=O)N1C[C@H]2CN(c3cc(N)nc(N)n3)C[C@H]2[C@@H]1c1cccc(F)c1. The Morgan fingerprint density at radius 3 is 2.64 bits per heavy atom.